The van der Waals surface area contributed by atoms with Gasteiger partial charge in [-0.1, -0.05) is 17.7 Å². The first-order valence-corrected chi connectivity index (χ1v) is 9.73. The Bertz CT molecular complexity index is 829. The maximum absolute atomic E-state index is 12.7. The number of carbonyl (C=O) groups is 2. The molecule has 0 aliphatic carbocycles. The van der Waals surface area contributed by atoms with Crippen molar-refractivity contribution in [1.29, 1.82) is 0 Å². The van der Waals surface area contributed by atoms with Crippen molar-refractivity contribution in [3.05, 3.63) is 47.3 Å². The van der Waals surface area contributed by atoms with Gasteiger partial charge in [-0.2, -0.15) is 5.10 Å². The number of hydrogen-bond acceptors (Lipinski definition) is 4. The predicted octanol–water partition coefficient (Wildman–Crippen LogP) is 2.09. The van der Waals surface area contributed by atoms with Crippen LogP contribution in [-0.4, -0.2) is 40.8 Å². The summed E-state index contributed by atoms with van der Waals surface area (Å²) in [6.07, 6.45) is 3.16. The number of rotatable bonds is 7. The molecule has 1 aliphatic heterocycles. The number of fused-ring (bicyclic) bond motifs is 1. The number of carbonyl (C=O) groups excluding carboxylic acids is 2. The van der Waals surface area contributed by atoms with E-state index in [2.05, 4.69) is 15.7 Å². The van der Waals surface area contributed by atoms with Crippen molar-refractivity contribution in [2.45, 2.75) is 46.3 Å². The van der Waals surface area contributed by atoms with Gasteiger partial charge in [-0.05, 0) is 44.7 Å². The van der Waals surface area contributed by atoms with Gasteiger partial charge >= 0.3 is 0 Å². The smallest absolute Gasteiger partial charge is 0.254 e. The van der Waals surface area contributed by atoms with Crippen molar-refractivity contribution in [2.75, 3.05) is 13.1 Å². The Morgan fingerprint density at radius 1 is 1.29 bits per heavy atom. The van der Waals surface area contributed by atoms with E-state index in [1.165, 1.54) is 12.5 Å². The Morgan fingerprint density at radius 3 is 2.75 bits per heavy atom. The first-order chi connectivity index (χ1) is 13.4. The molecule has 2 atom stereocenters. The van der Waals surface area contributed by atoms with Gasteiger partial charge in [0.2, 0.25) is 5.91 Å². The van der Waals surface area contributed by atoms with E-state index >= 15 is 0 Å². The number of nitrogens with zero attached hydrogens (tertiary/aromatic N) is 2. The highest BCUT2D eigenvalue weighted by Crippen LogP contribution is 2.22. The lowest BCUT2D eigenvalue weighted by molar-refractivity contribution is -0.119. The van der Waals surface area contributed by atoms with E-state index in [0.717, 1.165) is 30.8 Å². The van der Waals surface area contributed by atoms with Crippen LogP contribution in [0, 0.1) is 12.8 Å². The lowest BCUT2D eigenvalue weighted by Gasteiger charge is -2.24. The first-order valence-electron chi connectivity index (χ1n) is 9.73. The van der Waals surface area contributed by atoms with Crippen LogP contribution in [0.25, 0.3) is 0 Å². The van der Waals surface area contributed by atoms with Crippen LogP contribution in [0.3, 0.4) is 0 Å². The highest BCUT2D eigenvalue weighted by atomic mass is 16.5. The van der Waals surface area contributed by atoms with E-state index < -0.39 is 0 Å². The van der Waals surface area contributed by atoms with Crippen molar-refractivity contribution >= 4 is 11.8 Å². The van der Waals surface area contributed by atoms with Crippen LogP contribution in [0.4, 0.5) is 0 Å². The summed E-state index contributed by atoms with van der Waals surface area (Å²) >= 11 is 0. The maximum atomic E-state index is 12.7. The highest BCUT2D eigenvalue weighted by Gasteiger charge is 2.25. The summed E-state index contributed by atoms with van der Waals surface area (Å²) in [6, 6.07) is 7.85. The Kier molecular flexibility index (Phi) is 6.34. The lowest BCUT2D eigenvalue weighted by atomic mass is 9.94. The number of amides is 2. The summed E-state index contributed by atoms with van der Waals surface area (Å²) in [6.45, 7) is 7.28. The molecule has 7 heteroatoms. The highest BCUT2D eigenvalue weighted by molar-refractivity contribution is 5.95. The number of aryl methyl sites for hydroxylation is 2. The Morgan fingerprint density at radius 2 is 2.04 bits per heavy atom. The molecule has 0 radical (unpaired) electrons. The molecule has 0 fully saturated rings. The van der Waals surface area contributed by atoms with Crippen molar-refractivity contribution in [1.82, 2.24) is 20.4 Å². The van der Waals surface area contributed by atoms with Gasteiger partial charge in [0.25, 0.3) is 5.91 Å². The van der Waals surface area contributed by atoms with Gasteiger partial charge in [0, 0.05) is 20.0 Å². The third-order valence-corrected chi connectivity index (χ3v) is 4.97. The molecular formula is C21H28N4O3. The standard InChI is InChI=1S/C21H28N4O3/c1-14-4-6-18(7-5-14)28-15(2)11-23-21(27)19-13-24-25-9-8-17(10-20(19)25)12-22-16(3)26/h4-7,13,15,17H,8-12H2,1-3H3,(H,22,26)(H,23,27)/t15-,17-/m0/s1. The fraction of sp³-hybridized carbons (Fsp3) is 0.476. The lowest BCUT2D eigenvalue weighted by Crippen LogP contribution is -2.35. The first kappa shape index (κ1) is 19.9. The molecule has 0 spiro atoms. The van der Waals surface area contributed by atoms with Gasteiger partial charge in [0.1, 0.15) is 11.9 Å². The molecule has 2 N–H and O–H groups in total. The molecule has 3 rings (SSSR count). The van der Waals surface area contributed by atoms with Crippen LogP contribution in [-0.2, 0) is 17.8 Å². The van der Waals surface area contributed by atoms with E-state index in [4.69, 9.17) is 4.74 Å². The predicted molar refractivity (Wildman–Crippen MR) is 106 cm³/mol. The van der Waals surface area contributed by atoms with E-state index in [1.54, 1.807) is 6.20 Å². The summed E-state index contributed by atoms with van der Waals surface area (Å²) in [4.78, 5) is 23.8. The normalized spacial score (nSPS) is 16.8. The van der Waals surface area contributed by atoms with Gasteiger partial charge in [0.05, 0.1) is 24.0 Å². The van der Waals surface area contributed by atoms with E-state index in [0.29, 0.717) is 24.6 Å². The molecule has 28 heavy (non-hydrogen) atoms. The topological polar surface area (TPSA) is 85.2 Å². The van der Waals surface area contributed by atoms with Crippen molar-refractivity contribution in [3.8, 4) is 5.75 Å². The molecule has 1 aromatic heterocycles. The molecule has 1 aliphatic rings. The van der Waals surface area contributed by atoms with Crippen molar-refractivity contribution in [3.63, 3.8) is 0 Å². The summed E-state index contributed by atoms with van der Waals surface area (Å²) in [5.41, 5.74) is 2.72. The molecule has 2 amide bonds. The van der Waals surface area contributed by atoms with Crippen LogP contribution in [0.5, 0.6) is 5.75 Å². The molecular weight excluding hydrogens is 356 g/mol. The van der Waals surface area contributed by atoms with Gasteiger partial charge in [-0.15, -0.1) is 0 Å². The number of aromatic nitrogens is 2. The second-order valence-corrected chi connectivity index (χ2v) is 7.48. The molecule has 0 saturated carbocycles. The second-order valence-electron chi connectivity index (χ2n) is 7.48. The second kappa shape index (κ2) is 8.91. The van der Waals surface area contributed by atoms with Gasteiger partial charge in [-0.3, -0.25) is 14.3 Å². The van der Waals surface area contributed by atoms with Gasteiger partial charge < -0.3 is 15.4 Å². The number of hydrogen-bond donors (Lipinski definition) is 2. The molecule has 7 nitrogen and oxygen atoms in total. The third kappa shape index (κ3) is 5.12. The van der Waals surface area contributed by atoms with Crippen LogP contribution in [0.2, 0.25) is 0 Å². The van der Waals surface area contributed by atoms with Crippen molar-refractivity contribution in [2.24, 2.45) is 5.92 Å². The van der Waals surface area contributed by atoms with Gasteiger partial charge in [-0.25, -0.2) is 0 Å². The Balaban J connectivity index is 1.54. The van der Waals surface area contributed by atoms with Crippen LogP contribution >= 0.6 is 0 Å². The molecule has 2 heterocycles. The average molecular weight is 384 g/mol. The molecule has 2 aromatic rings. The van der Waals surface area contributed by atoms with Crippen LogP contribution < -0.4 is 15.4 Å². The zero-order valence-corrected chi connectivity index (χ0v) is 16.7. The minimum Gasteiger partial charge on any atom is -0.489 e. The third-order valence-electron chi connectivity index (χ3n) is 4.97. The maximum Gasteiger partial charge on any atom is 0.254 e. The Labute approximate surface area is 165 Å². The minimum atomic E-state index is -0.148. The zero-order chi connectivity index (χ0) is 20.1. The minimum absolute atomic E-state index is 0.0281. The summed E-state index contributed by atoms with van der Waals surface area (Å²) in [5.74, 6) is 0.944. The quantitative estimate of drug-likeness (QED) is 0.765. The molecule has 0 saturated heterocycles. The van der Waals surface area contributed by atoms with Gasteiger partial charge in [0.15, 0.2) is 0 Å². The largest absolute Gasteiger partial charge is 0.489 e. The number of benzene rings is 1. The Hall–Kier alpha value is -2.83. The molecule has 0 unspecified atom stereocenters. The fourth-order valence-corrected chi connectivity index (χ4v) is 3.37. The monoisotopic (exact) mass is 384 g/mol. The average Bonchev–Trinajstić information content (AvgIpc) is 3.09. The van der Waals surface area contributed by atoms with Crippen LogP contribution in [0.15, 0.2) is 30.5 Å². The SMILES string of the molecule is CC(=O)NC[C@H]1CCn2ncc(C(=O)NC[C@H](C)Oc3ccc(C)cc3)c2C1. The molecule has 1 aromatic carbocycles. The number of nitrogens with one attached hydrogen (secondary N) is 2. The zero-order valence-electron chi connectivity index (χ0n) is 16.7. The van der Waals surface area contributed by atoms with Crippen LogP contribution in [0.1, 0.15) is 41.9 Å². The molecule has 0 bridgehead atoms. The van der Waals surface area contributed by atoms with E-state index in [1.807, 2.05) is 42.8 Å². The number of ether oxygens (including phenoxy) is 1. The fourth-order valence-electron chi connectivity index (χ4n) is 3.37. The van der Waals surface area contributed by atoms with E-state index in [-0.39, 0.29) is 17.9 Å². The van der Waals surface area contributed by atoms with E-state index in [9.17, 15) is 9.59 Å². The summed E-state index contributed by atoms with van der Waals surface area (Å²) < 4.78 is 7.74. The summed E-state index contributed by atoms with van der Waals surface area (Å²) in [7, 11) is 0. The van der Waals surface area contributed by atoms with Crippen molar-refractivity contribution < 1.29 is 14.3 Å². The molecule has 150 valence electrons. The summed E-state index contributed by atoms with van der Waals surface area (Å²) in [5, 5.41) is 10.2.